The van der Waals surface area contributed by atoms with Crippen LogP contribution in [-0.4, -0.2) is 27.8 Å². The fraction of sp³-hybridized carbons (Fsp3) is 0.308. The summed E-state index contributed by atoms with van der Waals surface area (Å²) in [6.07, 6.45) is 3.19. The minimum atomic E-state index is -0.416. The van der Waals surface area contributed by atoms with Crippen molar-refractivity contribution in [3.05, 3.63) is 75.0 Å². The maximum atomic E-state index is 13.5. The number of nitrogens with one attached hydrogen (secondary N) is 1. The second-order valence-electron chi connectivity index (χ2n) is 9.19. The Bertz CT molecular complexity index is 1340. The number of benzene rings is 2. The van der Waals surface area contributed by atoms with Gasteiger partial charge in [-0.05, 0) is 47.7 Å². The van der Waals surface area contributed by atoms with E-state index in [4.69, 9.17) is 23.2 Å². The number of rotatable bonds is 4. The summed E-state index contributed by atoms with van der Waals surface area (Å²) in [5.41, 5.74) is 5.16. The first-order valence-corrected chi connectivity index (χ1v) is 11.9. The Morgan fingerprint density at radius 1 is 1.18 bits per heavy atom. The number of halogens is 2. The highest BCUT2D eigenvalue weighted by Gasteiger charge is 2.42. The van der Waals surface area contributed by atoms with Gasteiger partial charge in [0, 0.05) is 52.4 Å². The monoisotopic (exact) mass is 481 g/mol. The van der Waals surface area contributed by atoms with Gasteiger partial charge in [-0.15, -0.1) is 0 Å². The lowest BCUT2D eigenvalue weighted by Gasteiger charge is -2.20. The summed E-state index contributed by atoms with van der Waals surface area (Å²) in [7, 11) is 0. The van der Waals surface area contributed by atoms with E-state index in [9.17, 15) is 9.59 Å². The summed E-state index contributed by atoms with van der Waals surface area (Å²) in [5.74, 6) is -0.405. The number of aromatic nitrogens is 1. The molecule has 2 amide bonds. The van der Waals surface area contributed by atoms with Crippen LogP contribution in [0.5, 0.6) is 0 Å². The first-order chi connectivity index (χ1) is 15.8. The standard InChI is InChI=1S/C26H25Cl2N3O2/c1-14(2)9-10-30-12-18-23(17-8-7-16(27)11-19(17)28)25-21(13-31(15(3)32)26(25)33)29-20-5-4-6-22(30)24(18)20/h4-8,11-12,14,23,29H,9-10,13H2,1-3H3/t23-/m1/s1. The molecule has 0 spiro atoms. The van der Waals surface area contributed by atoms with Crippen LogP contribution in [0, 0.1) is 5.92 Å². The van der Waals surface area contributed by atoms with Crippen LogP contribution in [-0.2, 0) is 16.1 Å². The van der Waals surface area contributed by atoms with E-state index in [1.807, 2.05) is 18.2 Å². The SMILES string of the molecule is CC(=O)N1CC2=C(C1=O)[C@H](c1ccc(Cl)cc1Cl)c1cn(CCC(C)C)c3cccc(c13)N2. The van der Waals surface area contributed by atoms with Gasteiger partial charge in [-0.2, -0.15) is 0 Å². The highest BCUT2D eigenvalue weighted by atomic mass is 35.5. The fourth-order valence-corrected chi connectivity index (χ4v) is 5.43. The number of nitrogens with zero attached hydrogens (tertiary/aromatic N) is 2. The van der Waals surface area contributed by atoms with Crippen LogP contribution in [0.4, 0.5) is 5.69 Å². The summed E-state index contributed by atoms with van der Waals surface area (Å²) < 4.78 is 2.26. The maximum absolute atomic E-state index is 13.5. The van der Waals surface area contributed by atoms with E-state index >= 15 is 0 Å². The average molecular weight is 482 g/mol. The molecule has 0 fully saturated rings. The highest BCUT2D eigenvalue weighted by Crippen LogP contribution is 2.48. The van der Waals surface area contributed by atoms with Gasteiger partial charge in [-0.1, -0.05) is 49.2 Å². The molecular weight excluding hydrogens is 457 g/mol. The van der Waals surface area contributed by atoms with Crippen molar-refractivity contribution in [3.8, 4) is 0 Å². The molecule has 3 heterocycles. The summed E-state index contributed by atoms with van der Waals surface area (Å²) in [6.45, 7) is 6.94. The molecule has 5 rings (SSSR count). The number of hydrogen-bond donors (Lipinski definition) is 1. The zero-order chi connectivity index (χ0) is 23.4. The second kappa shape index (κ2) is 8.23. The van der Waals surface area contributed by atoms with Crippen molar-refractivity contribution in [3.63, 3.8) is 0 Å². The molecule has 7 heteroatoms. The van der Waals surface area contributed by atoms with Gasteiger partial charge >= 0.3 is 0 Å². The van der Waals surface area contributed by atoms with Crippen LogP contribution in [0.25, 0.3) is 10.9 Å². The maximum Gasteiger partial charge on any atom is 0.259 e. The first-order valence-electron chi connectivity index (χ1n) is 11.2. The van der Waals surface area contributed by atoms with Gasteiger partial charge in [0.05, 0.1) is 17.6 Å². The predicted octanol–water partition coefficient (Wildman–Crippen LogP) is 6.19. The molecule has 0 saturated carbocycles. The minimum absolute atomic E-state index is 0.221. The second-order valence-corrected chi connectivity index (χ2v) is 10.0. The predicted molar refractivity (Wildman–Crippen MR) is 133 cm³/mol. The summed E-state index contributed by atoms with van der Waals surface area (Å²) >= 11 is 12.9. The van der Waals surface area contributed by atoms with Gasteiger partial charge < -0.3 is 9.88 Å². The van der Waals surface area contributed by atoms with Crippen LogP contribution in [0.3, 0.4) is 0 Å². The lowest BCUT2D eigenvalue weighted by Crippen LogP contribution is -2.33. The molecule has 1 aromatic heterocycles. The lowest BCUT2D eigenvalue weighted by molar-refractivity contribution is -0.139. The van der Waals surface area contributed by atoms with Crippen LogP contribution >= 0.6 is 23.2 Å². The van der Waals surface area contributed by atoms with E-state index in [0.717, 1.165) is 46.4 Å². The van der Waals surface area contributed by atoms with Crippen LogP contribution in [0.1, 0.15) is 44.2 Å². The fourth-order valence-electron chi connectivity index (χ4n) is 4.92. The summed E-state index contributed by atoms with van der Waals surface area (Å²) in [6, 6.07) is 11.5. The van der Waals surface area contributed by atoms with E-state index in [1.165, 1.54) is 11.8 Å². The van der Waals surface area contributed by atoms with E-state index in [0.29, 0.717) is 21.5 Å². The van der Waals surface area contributed by atoms with Crippen LogP contribution in [0.15, 0.2) is 53.9 Å². The normalized spacial score (nSPS) is 17.6. The van der Waals surface area contributed by atoms with Crippen LogP contribution in [0.2, 0.25) is 10.0 Å². The topological polar surface area (TPSA) is 54.3 Å². The van der Waals surface area contributed by atoms with Gasteiger partial charge in [-0.25, -0.2) is 0 Å². The summed E-state index contributed by atoms with van der Waals surface area (Å²) in [5, 5.41) is 5.60. The van der Waals surface area contributed by atoms with Crippen molar-refractivity contribution in [2.45, 2.75) is 39.7 Å². The minimum Gasteiger partial charge on any atom is -0.356 e. The number of hydrogen-bond acceptors (Lipinski definition) is 3. The number of anilines is 1. The third-order valence-corrected chi connectivity index (χ3v) is 7.10. The molecule has 0 saturated heterocycles. The molecule has 2 aromatic carbocycles. The molecule has 0 aliphatic carbocycles. The first kappa shape index (κ1) is 22.1. The van der Waals surface area contributed by atoms with E-state index in [2.05, 4.69) is 36.0 Å². The van der Waals surface area contributed by atoms with Crippen molar-refractivity contribution >= 4 is 51.6 Å². The van der Waals surface area contributed by atoms with Crippen molar-refractivity contribution < 1.29 is 9.59 Å². The van der Waals surface area contributed by atoms with Gasteiger partial charge in [0.15, 0.2) is 0 Å². The smallest absolute Gasteiger partial charge is 0.259 e. The Hall–Kier alpha value is -2.76. The Labute approximate surface area is 203 Å². The van der Waals surface area contributed by atoms with Crippen molar-refractivity contribution in [2.24, 2.45) is 5.92 Å². The van der Waals surface area contributed by atoms with Crippen molar-refractivity contribution in [1.82, 2.24) is 9.47 Å². The molecule has 3 aromatic rings. The van der Waals surface area contributed by atoms with Gasteiger partial charge in [0.2, 0.25) is 5.91 Å². The molecule has 0 bridgehead atoms. The van der Waals surface area contributed by atoms with Crippen molar-refractivity contribution in [2.75, 3.05) is 11.9 Å². The van der Waals surface area contributed by atoms with E-state index in [1.54, 1.807) is 12.1 Å². The molecule has 1 N–H and O–H groups in total. The third-order valence-electron chi connectivity index (χ3n) is 6.54. The number of imide groups is 1. The molecule has 1 atom stereocenters. The zero-order valence-corrected chi connectivity index (χ0v) is 20.3. The van der Waals surface area contributed by atoms with Crippen molar-refractivity contribution in [1.29, 1.82) is 0 Å². The quantitative estimate of drug-likeness (QED) is 0.482. The molecule has 0 unspecified atom stereocenters. The van der Waals surface area contributed by atoms with E-state index < -0.39 is 5.92 Å². The van der Waals surface area contributed by atoms with Gasteiger partial charge in [-0.3, -0.25) is 14.5 Å². The van der Waals surface area contributed by atoms with Gasteiger partial charge in [0.25, 0.3) is 5.91 Å². The molecule has 2 aliphatic rings. The Morgan fingerprint density at radius 2 is 1.97 bits per heavy atom. The molecular formula is C26H25Cl2N3O2. The van der Waals surface area contributed by atoms with Crippen LogP contribution < -0.4 is 5.32 Å². The number of carbonyl (C=O) groups excluding carboxylic acids is 2. The molecule has 5 nitrogen and oxygen atoms in total. The molecule has 2 aliphatic heterocycles. The average Bonchev–Trinajstić information content (AvgIpc) is 3.23. The highest BCUT2D eigenvalue weighted by molar-refractivity contribution is 6.35. The Balaban J connectivity index is 1.78. The third kappa shape index (κ3) is 3.64. The molecule has 170 valence electrons. The largest absolute Gasteiger partial charge is 0.356 e. The molecule has 0 radical (unpaired) electrons. The molecule has 33 heavy (non-hydrogen) atoms. The summed E-state index contributed by atoms with van der Waals surface area (Å²) in [4.78, 5) is 27.0. The number of carbonyl (C=O) groups is 2. The van der Waals surface area contributed by atoms with E-state index in [-0.39, 0.29) is 18.4 Å². The Morgan fingerprint density at radius 3 is 2.67 bits per heavy atom. The van der Waals surface area contributed by atoms with Gasteiger partial charge in [0.1, 0.15) is 0 Å². The number of aryl methyl sites for hydroxylation is 1. The number of amides is 2. The lowest BCUT2D eigenvalue weighted by atomic mass is 9.84. The zero-order valence-electron chi connectivity index (χ0n) is 18.8. The Kier molecular flexibility index (Phi) is 5.50.